The molecule has 2 nitrogen and oxygen atoms in total. The molecule has 96 valence electrons. The largest absolute Gasteiger partial charge is 0.312 e. The van der Waals surface area contributed by atoms with E-state index in [0.29, 0.717) is 0 Å². The molecular weight excluding hydrogens is 208 g/mol. The second kappa shape index (κ2) is 5.11. The summed E-state index contributed by atoms with van der Waals surface area (Å²) in [5, 5.41) is 3.76. The Morgan fingerprint density at radius 1 is 1.29 bits per heavy atom. The number of likely N-dealkylation sites (tertiary alicyclic amines) is 1. The zero-order valence-corrected chi connectivity index (χ0v) is 11.1. The van der Waals surface area contributed by atoms with Crippen molar-refractivity contribution in [1.29, 1.82) is 0 Å². The molecule has 2 heteroatoms. The van der Waals surface area contributed by atoms with Gasteiger partial charge < -0.3 is 10.2 Å². The predicted octanol–water partition coefficient (Wildman–Crippen LogP) is 2.27. The van der Waals surface area contributed by atoms with Crippen LogP contribution in [0.25, 0.3) is 0 Å². The van der Waals surface area contributed by atoms with Gasteiger partial charge in [-0.3, -0.25) is 0 Å². The fourth-order valence-corrected chi connectivity index (χ4v) is 3.64. The van der Waals surface area contributed by atoms with Gasteiger partial charge in [-0.2, -0.15) is 0 Å². The zero-order valence-electron chi connectivity index (χ0n) is 11.1. The van der Waals surface area contributed by atoms with Gasteiger partial charge in [0.25, 0.3) is 0 Å². The van der Waals surface area contributed by atoms with Gasteiger partial charge in [-0.05, 0) is 56.5 Å². The van der Waals surface area contributed by atoms with Crippen LogP contribution in [0.15, 0.2) is 12.2 Å². The lowest BCUT2D eigenvalue weighted by Crippen LogP contribution is -2.50. The molecule has 0 amide bonds. The summed E-state index contributed by atoms with van der Waals surface area (Å²) in [6.45, 7) is 7.47. The minimum absolute atomic E-state index is 0.794. The standard InChI is InChI=1S/C15H26N2/c1-12-5-8-17(9-6-12)10-7-16-15-11-13-3-2-4-14(13)15/h2,4,12-16H,3,5-11H2,1H3. The average molecular weight is 234 g/mol. The van der Waals surface area contributed by atoms with Crippen molar-refractivity contribution in [1.82, 2.24) is 10.2 Å². The van der Waals surface area contributed by atoms with Crippen LogP contribution in [0, 0.1) is 17.8 Å². The number of nitrogens with one attached hydrogen (secondary N) is 1. The highest BCUT2D eigenvalue weighted by atomic mass is 15.1. The number of allylic oxidation sites excluding steroid dienone is 1. The van der Waals surface area contributed by atoms with Crippen molar-refractivity contribution in [3.8, 4) is 0 Å². The van der Waals surface area contributed by atoms with Gasteiger partial charge in [0.05, 0.1) is 0 Å². The molecule has 0 radical (unpaired) electrons. The Kier molecular flexibility index (Phi) is 3.53. The Morgan fingerprint density at radius 3 is 2.88 bits per heavy atom. The molecule has 0 aromatic rings. The van der Waals surface area contributed by atoms with E-state index in [1.807, 2.05) is 0 Å². The fourth-order valence-electron chi connectivity index (χ4n) is 3.64. The van der Waals surface area contributed by atoms with Crippen molar-refractivity contribution in [2.75, 3.05) is 26.2 Å². The molecule has 2 aliphatic carbocycles. The summed E-state index contributed by atoms with van der Waals surface area (Å²) in [7, 11) is 0. The fraction of sp³-hybridized carbons (Fsp3) is 0.867. The Bertz CT molecular complexity index is 279. The normalized spacial score (nSPS) is 38.1. The van der Waals surface area contributed by atoms with Gasteiger partial charge in [-0.1, -0.05) is 19.1 Å². The summed E-state index contributed by atoms with van der Waals surface area (Å²) in [5.74, 6) is 2.81. The van der Waals surface area contributed by atoms with Crippen LogP contribution in [0.2, 0.25) is 0 Å². The van der Waals surface area contributed by atoms with Crippen LogP contribution in [0.4, 0.5) is 0 Å². The van der Waals surface area contributed by atoms with Gasteiger partial charge >= 0.3 is 0 Å². The Labute approximate surface area is 105 Å². The third-order valence-electron chi connectivity index (χ3n) is 5.07. The molecule has 3 unspecified atom stereocenters. The molecule has 1 saturated carbocycles. The quantitative estimate of drug-likeness (QED) is 0.751. The van der Waals surface area contributed by atoms with Gasteiger partial charge in [0, 0.05) is 19.1 Å². The van der Waals surface area contributed by atoms with Crippen LogP contribution in [-0.4, -0.2) is 37.1 Å². The van der Waals surface area contributed by atoms with Crippen molar-refractivity contribution >= 4 is 0 Å². The lowest BCUT2D eigenvalue weighted by molar-refractivity contribution is 0.147. The van der Waals surface area contributed by atoms with E-state index in [4.69, 9.17) is 0 Å². The maximum atomic E-state index is 3.76. The first-order valence-electron chi connectivity index (χ1n) is 7.45. The summed E-state index contributed by atoms with van der Waals surface area (Å²) in [6.07, 6.45) is 10.4. The van der Waals surface area contributed by atoms with E-state index in [0.717, 1.165) is 23.8 Å². The molecule has 3 aliphatic rings. The molecule has 0 aromatic heterocycles. The Hall–Kier alpha value is -0.340. The van der Waals surface area contributed by atoms with Crippen molar-refractivity contribution in [2.24, 2.45) is 17.8 Å². The van der Waals surface area contributed by atoms with E-state index in [1.54, 1.807) is 0 Å². The molecule has 0 bridgehead atoms. The van der Waals surface area contributed by atoms with Crippen molar-refractivity contribution < 1.29 is 0 Å². The molecule has 17 heavy (non-hydrogen) atoms. The lowest BCUT2D eigenvalue weighted by atomic mass is 9.71. The average Bonchev–Trinajstić information content (AvgIpc) is 2.68. The van der Waals surface area contributed by atoms with Crippen LogP contribution >= 0.6 is 0 Å². The van der Waals surface area contributed by atoms with Gasteiger partial charge in [0.2, 0.25) is 0 Å². The number of fused-ring (bicyclic) bond motifs is 1. The monoisotopic (exact) mass is 234 g/mol. The zero-order chi connectivity index (χ0) is 11.7. The lowest BCUT2D eigenvalue weighted by Gasteiger charge is -2.41. The SMILES string of the molecule is CC1CCN(CCNC2CC3CC=CC32)CC1. The number of piperidine rings is 1. The number of nitrogens with zero attached hydrogens (tertiary/aromatic N) is 1. The molecule has 1 saturated heterocycles. The van der Waals surface area contributed by atoms with Crippen molar-refractivity contribution in [3.63, 3.8) is 0 Å². The smallest absolute Gasteiger partial charge is 0.0136 e. The summed E-state index contributed by atoms with van der Waals surface area (Å²) in [5.41, 5.74) is 0. The van der Waals surface area contributed by atoms with Crippen molar-refractivity contribution in [2.45, 2.75) is 38.6 Å². The molecule has 3 rings (SSSR count). The van der Waals surface area contributed by atoms with E-state index in [2.05, 4.69) is 29.3 Å². The van der Waals surface area contributed by atoms with Crippen LogP contribution in [0.1, 0.15) is 32.6 Å². The van der Waals surface area contributed by atoms with Crippen LogP contribution < -0.4 is 5.32 Å². The molecule has 0 spiro atoms. The first-order valence-corrected chi connectivity index (χ1v) is 7.45. The van der Waals surface area contributed by atoms with E-state index >= 15 is 0 Å². The maximum Gasteiger partial charge on any atom is 0.0136 e. The highest BCUT2D eigenvalue weighted by Crippen LogP contribution is 2.42. The third kappa shape index (κ3) is 2.58. The van der Waals surface area contributed by atoms with Crippen LogP contribution in [0.3, 0.4) is 0 Å². The molecule has 0 aromatic carbocycles. The highest BCUT2D eigenvalue weighted by molar-refractivity contribution is 5.12. The molecule has 1 heterocycles. The number of rotatable bonds is 4. The predicted molar refractivity (Wildman–Crippen MR) is 72.0 cm³/mol. The summed E-state index contributed by atoms with van der Waals surface area (Å²) in [6, 6.07) is 0.794. The maximum absolute atomic E-state index is 3.76. The molecule has 1 aliphatic heterocycles. The summed E-state index contributed by atoms with van der Waals surface area (Å²) >= 11 is 0. The highest BCUT2D eigenvalue weighted by Gasteiger charge is 2.40. The minimum Gasteiger partial charge on any atom is -0.312 e. The first-order chi connectivity index (χ1) is 8.33. The number of hydrogen-bond donors (Lipinski definition) is 1. The van der Waals surface area contributed by atoms with E-state index < -0.39 is 0 Å². The molecule has 1 N–H and O–H groups in total. The summed E-state index contributed by atoms with van der Waals surface area (Å²) < 4.78 is 0. The first kappa shape index (κ1) is 11.7. The Morgan fingerprint density at radius 2 is 2.12 bits per heavy atom. The van der Waals surface area contributed by atoms with Crippen molar-refractivity contribution in [3.05, 3.63) is 12.2 Å². The second-order valence-corrected chi connectivity index (χ2v) is 6.32. The molecule has 2 fully saturated rings. The van der Waals surface area contributed by atoms with E-state index in [9.17, 15) is 0 Å². The second-order valence-electron chi connectivity index (χ2n) is 6.32. The van der Waals surface area contributed by atoms with Gasteiger partial charge in [-0.15, -0.1) is 0 Å². The molecule has 3 atom stereocenters. The third-order valence-corrected chi connectivity index (χ3v) is 5.07. The number of hydrogen-bond acceptors (Lipinski definition) is 2. The van der Waals surface area contributed by atoms with E-state index in [-0.39, 0.29) is 0 Å². The van der Waals surface area contributed by atoms with Gasteiger partial charge in [0.1, 0.15) is 0 Å². The van der Waals surface area contributed by atoms with Crippen LogP contribution in [-0.2, 0) is 0 Å². The molecular formula is C15H26N2. The summed E-state index contributed by atoms with van der Waals surface area (Å²) in [4.78, 5) is 2.63. The topological polar surface area (TPSA) is 15.3 Å². The van der Waals surface area contributed by atoms with Gasteiger partial charge in [0.15, 0.2) is 0 Å². The Balaban J connectivity index is 1.32. The van der Waals surface area contributed by atoms with Crippen LogP contribution in [0.5, 0.6) is 0 Å². The minimum atomic E-state index is 0.794. The van der Waals surface area contributed by atoms with E-state index in [1.165, 1.54) is 51.9 Å². The van der Waals surface area contributed by atoms with Gasteiger partial charge in [-0.25, -0.2) is 0 Å².